The lowest BCUT2D eigenvalue weighted by Crippen LogP contribution is -2.40. The van der Waals surface area contributed by atoms with Gasteiger partial charge in [-0.25, -0.2) is 0 Å². The number of nitrogens with two attached hydrogens (primary N) is 1. The lowest BCUT2D eigenvalue weighted by molar-refractivity contribution is 0.0446. The zero-order valence-corrected chi connectivity index (χ0v) is 8.99. The summed E-state index contributed by atoms with van der Waals surface area (Å²) in [5.41, 5.74) is 6.03. The van der Waals surface area contributed by atoms with Crippen molar-refractivity contribution in [3.63, 3.8) is 0 Å². The third-order valence-electron chi connectivity index (χ3n) is 3.17. The molecule has 0 aromatic rings. The van der Waals surface area contributed by atoms with Crippen molar-refractivity contribution in [2.24, 2.45) is 17.6 Å². The molecule has 2 N–H and O–H groups in total. The van der Waals surface area contributed by atoms with E-state index in [1.807, 2.05) is 0 Å². The number of hydrogen-bond donors (Lipinski definition) is 1. The molecule has 78 valence electrons. The molecular formula is C10H21NO2. The summed E-state index contributed by atoms with van der Waals surface area (Å²) in [5, 5.41) is 0. The van der Waals surface area contributed by atoms with Gasteiger partial charge in [-0.1, -0.05) is 6.92 Å². The maximum atomic E-state index is 6.03. The van der Waals surface area contributed by atoms with Gasteiger partial charge in [0.2, 0.25) is 0 Å². The molecular weight excluding hydrogens is 166 g/mol. The third-order valence-corrected chi connectivity index (χ3v) is 3.17. The molecule has 1 fully saturated rings. The van der Waals surface area contributed by atoms with Gasteiger partial charge in [0, 0.05) is 19.1 Å². The van der Waals surface area contributed by atoms with Crippen LogP contribution in [0.4, 0.5) is 0 Å². The Morgan fingerprint density at radius 1 is 1.31 bits per heavy atom. The van der Waals surface area contributed by atoms with Crippen LogP contribution in [0.1, 0.15) is 20.8 Å². The van der Waals surface area contributed by atoms with Crippen LogP contribution in [0.3, 0.4) is 0 Å². The molecule has 0 aromatic heterocycles. The fraction of sp³-hybridized carbons (Fsp3) is 1.00. The largest absolute Gasteiger partial charge is 0.383 e. The predicted octanol–water partition coefficient (Wildman–Crippen LogP) is 1.02. The highest BCUT2D eigenvalue weighted by molar-refractivity contribution is 4.90. The van der Waals surface area contributed by atoms with Gasteiger partial charge in [0.1, 0.15) is 0 Å². The zero-order chi connectivity index (χ0) is 10.0. The summed E-state index contributed by atoms with van der Waals surface area (Å²) in [6, 6.07) is 0.0972. The van der Waals surface area contributed by atoms with E-state index in [9.17, 15) is 0 Å². The van der Waals surface area contributed by atoms with Gasteiger partial charge in [-0.15, -0.1) is 0 Å². The quantitative estimate of drug-likeness (QED) is 0.717. The normalized spacial score (nSPS) is 42.2. The van der Waals surface area contributed by atoms with Crippen LogP contribution in [0.15, 0.2) is 0 Å². The molecule has 5 atom stereocenters. The van der Waals surface area contributed by atoms with Gasteiger partial charge in [0.05, 0.1) is 18.8 Å². The van der Waals surface area contributed by atoms with Gasteiger partial charge in [0.25, 0.3) is 0 Å². The summed E-state index contributed by atoms with van der Waals surface area (Å²) in [6.45, 7) is 7.03. The Morgan fingerprint density at radius 2 is 1.92 bits per heavy atom. The van der Waals surface area contributed by atoms with Crippen LogP contribution in [0.25, 0.3) is 0 Å². The van der Waals surface area contributed by atoms with Crippen LogP contribution in [0.2, 0.25) is 0 Å². The number of methoxy groups -OCH3 is 1. The summed E-state index contributed by atoms with van der Waals surface area (Å²) >= 11 is 0. The molecule has 3 heteroatoms. The van der Waals surface area contributed by atoms with Gasteiger partial charge >= 0.3 is 0 Å². The number of hydrogen-bond acceptors (Lipinski definition) is 3. The topological polar surface area (TPSA) is 44.5 Å². The van der Waals surface area contributed by atoms with Crippen molar-refractivity contribution in [3.05, 3.63) is 0 Å². The fourth-order valence-electron chi connectivity index (χ4n) is 2.34. The highest BCUT2D eigenvalue weighted by Crippen LogP contribution is 2.33. The Balaban J connectivity index is 2.56. The second-order valence-corrected chi connectivity index (χ2v) is 4.10. The standard InChI is InChI=1S/C10H21NO2/c1-6-7(2)13-8(3)10(6)9(11)5-12-4/h6-10H,5,11H2,1-4H3. The maximum Gasteiger partial charge on any atom is 0.0617 e. The van der Waals surface area contributed by atoms with Crippen LogP contribution in [0.5, 0.6) is 0 Å². The number of rotatable bonds is 3. The Morgan fingerprint density at radius 3 is 2.31 bits per heavy atom. The minimum atomic E-state index is 0.0972. The van der Waals surface area contributed by atoms with Crippen molar-refractivity contribution in [1.82, 2.24) is 0 Å². The van der Waals surface area contributed by atoms with E-state index in [-0.39, 0.29) is 12.1 Å². The van der Waals surface area contributed by atoms with Gasteiger partial charge in [-0.05, 0) is 19.8 Å². The molecule has 0 aromatic carbocycles. The molecule has 1 aliphatic rings. The molecule has 0 amide bonds. The average Bonchev–Trinajstić information content (AvgIpc) is 2.27. The lowest BCUT2D eigenvalue weighted by atomic mass is 9.84. The first-order valence-electron chi connectivity index (χ1n) is 4.98. The summed E-state index contributed by atoms with van der Waals surface area (Å²) in [7, 11) is 1.69. The highest BCUT2D eigenvalue weighted by atomic mass is 16.5. The molecule has 0 spiro atoms. The molecule has 13 heavy (non-hydrogen) atoms. The van der Waals surface area contributed by atoms with Crippen molar-refractivity contribution in [2.75, 3.05) is 13.7 Å². The van der Waals surface area contributed by atoms with Crippen LogP contribution < -0.4 is 5.73 Å². The SMILES string of the molecule is COCC(N)C1C(C)OC(C)C1C. The average molecular weight is 187 g/mol. The molecule has 1 aliphatic heterocycles. The van der Waals surface area contributed by atoms with E-state index in [1.165, 1.54) is 0 Å². The molecule has 1 rings (SSSR count). The van der Waals surface area contributed by atoms with E-state index in [4.69, 9.17) is 15.2 Å². The van der Waals surface area contributed by atoms with Crippen molar-refractivity contribution < 1.29 is 9.47 Å². The van der Waals surface area contributed by atoms with E-state index in [0.29, 0.717) is 24.5 Å². The van der Waals surface area contributed by atoms with Crippen molar-refractivity contribution in [3.8, 4) is 0 Å². The van der Waals surface area contributed by atoms with Crippen molar-refractivity contribution in [2.45, 2.75) is 39.0 Å². The van der Waals surface area contributed by atoms with Crippen molar-refractivity contribution >= 4 is 0 Å². The molecule has 0 aliphatic carbocycles. The van der Waals surface area contributed by atoms with Gasteiger partial charge < -0.3 is 15.2 Å². The van der Waals surface area contributed by atoms with E-state index >= 15 is 0 Å². The van der Waals surface area contributed by atoms with Crippen LogP contribution in [-0.4, -0.2) is 32.0 Å². The first-order chi connectivity index (χ1) is 6.07. The molecule has 3 nitrogen and oxygen atoms in total. The van der Waals surface area contributed by atoms with E-state index in [0.717, 1.165) is 0 Å². The highest BCUT2D eigenvalue weighted by Gasteiger charge is 2.40. The minimum absolute atomic E-state index is 0.0972. The summed E-state index contributed by atoms with van der Waals surface area (Å²) < 4.78 is 10.8. The predicted molar refractivity (Wildman–Crippen MR) is 52.5 cm³/mol. The Kier molecular flexibility index (Phi) is 3.71. The lowest BCUT2D eigenvalue weighted by Gasteiger charge is -2.24. The molecule has 0 radical (unpaired) electrons. The van der Waals surface area contributed by atoms with Gasteiger partial charge in [-0.2, -0.15) is 0 Å². The molecule has 0 bridgehead atoms. The third kappa shape index (κ3) is 2.22. The van der Waals surface area contributed by atoms with Gasteiger partial charge in [0.15, 0.2) is 0 Å². The van der Waals surface area contributed by atoms with Crippen LogP contribution in [0, 0.1) is 11.8 Å². The van der Waals surface area contributed by atoms with Crippen LogP contribution >= 0.6 is 0 Å². The monoisotopic (exact) mass is 187 g/mol. The summed E-state index contributed by atoms with van der Waals surface area (Å²) in [4.78, 5) is 0. The van der Waals surface area contributed by atoms with Crippen molar-refractivity contribution in [1.29, 1.82) is 0 Å². The summed E-state index contributed by atoms with van der Waals surface area (Å²) in [5.74, 6) is 0.954. The fourth-order valence-corrected chi connectivity index (χ4v) is 2.34. The number of ether oxygens (including phenoxy) is 2. The first-order valence-corrected chi connectivity index (χ1v) is 4.98. The molecule has 1 heterocycles. The molecule has 5 unspecified atom stereocenters. The molecule has 0 saturated carbocycles. The first kappa shape index (κ1) is 11.0. The second kappa shape index (κ2) is 4.40. The Bertz CT molecular complexity index is 163. The Labute approximate surface area is 80.6 Å². The summed E-state index contributed by atoms with van der Waals surface area (Å²) in [6.07, 6.45) is 0.582. The van der Waals surface area contributed by atoms with E-state index in [1.54, 1.807) is 7.11 Å². The van der Waals surface area contributed by atoms with E-state index in [2.05, 4.69) is 20.8 Å². The van der Waals surface area contributed by atoms with Crippen LogP contribution in [-0.2, 0) is 9.47 Å². The minimum Gasteiger partial charge on any atom is -0.383 e. The maximum absolute atomic E-state index is 6.03. The zero-order valence-electron chi connectivity index (χ0n) is 8.99. The van der Waals surface area contributed by atoms with Gasteiger partial charge in [-0.3, -0.25) is 0 Å². The smallest absolute Gasteiger partial charge is 0.0617 e. The van der Waals surface area contributed by atoms with E-state index < -0.39 is 0 Å². The Hall–Kier alpha value is -0.120. The second-order valence-electron chi connectivity index (χ2n) is 4.10. The molecule has 1 saturated heterocycles.